The first-order valence-electron chi connectivity index (χ1n) is 17.9. The van der Waals surface area contributed by atoms with Gasteiger partial charge in [-0.15, -0.1) is 0 Å². The third-order valence-corrected chi connectivity index (χ3v) is 13.0. The zero-order chi connectivity index (χ0) is 41.1. The van der Waals surface area contributed by atoms with Gasteiger partial charge in [0, 0.05) is 17.7 Å². The number of non-ortho nitro benzene ring substituents is 1. The Labute approximate surface area is 333 Å². The van der Waals surface area contributed by atoms with Crippen LogP contribution in [0.1, 0.15) is 48.2 Å². The quantitative estimate of drug-likeness (QED) is 0.0822. The number of nitro groups is 1. The second-order valence-electron chi connectivity index (χ2n) is 13.8. The van der Waals surface area contributed by atoms with Crippen LogP contribution in [0, 0.1) is 17.0 Å². The van der Waals surface area contributed by atoms with Crippen molar-refractivity contribution in [3.05, 3.63) is 148 Å². The molecule has 3 heterocycles. The van der Waals surface area contributed by atoms with Gasteiger partial charge in [0.25, 0.3) is 11.6 Å². The third-order valence-electron chi connectivity index (χ3n) is 9.94. The summed E-state index contributed by atoms with van der Waals surface area (Å²) in [6, 6.07) is 28.6. The number of carbonyl (C=O) groups is 1. The van der Waals surface area contributed by atoms with E-state index in [-0.39, 0.29) is 33.0 Å². The standard InChI is InChI=1S/C41H34N6O9S2/c1-24(2)26-12-17-30(18-13-26)57(51,52)31-19-15-28(16-20-31)46-39-37(25(3)44-46)38(45-34-11-6-5-10-33(34)42-41(48)40(45)43-39)27-14-21-35(36(22-27)55-4)56-58(53,54)32-9-7-8-29(23-32)47(49)50/h5-24,38H,1-4H3,(H,42,48). The van der Waals surface area contributed by atoms with Crippen molar-refractivity contribution in [1.29, 1.82) is 0 Å². The monoisotopic (exact) mass is 818 g/mol. The average Bonchev–Trinajstić information content (AvgIpc) is 3.55. The molecule has 5 aromatic carbocycles. The molecular weight excluding hydrogens is 785 g/mol. The van der Waals surface area contributed by atoms with Crippen LogP contribution in [0.4, 0.5) is 22.9 Å². The number of carbonyl (C=O) groups excluding carboxylic acids is 1. The number of hydrogen-bond acceptors (Lipinski definition) is 12. The normalized spacial score (nSPS) is 14.8. The molecule has 0 saturated heterocycles. The number of amidine groups is 1. The van der Waals surface area contributed by atoms with E-state index in [0.717, 1.165) is 11.6 Å². The van der Waals surface area contributed by atoms with Gasteiger partial charge in [-0.05, 0) is 90.7 Å². The minimum absolute atomic E-state index is 0.0209. The van der Waals surface area contributed by atoms with E-state index in [0.29, 0.717) is 39.7 Å². The Morgan fingerprint density at radius 3 is 2.19 bits per heavy atom. The Hall–Kier alpha value is -6.85. The maximum Gasteiger partial charge on any atom is 0.339 e. The van der Waals surface area contributed by atoms with Gasteiger partial charge in [0.2, 0.25) is 15.7 Å². The molecule has 1 amide bonds. The number of fused-ring (bicyclic) bond motifs is 4. The molecule has 8 rings (SSSR count). The first-order valence-corrected chi connectivity index (χ1v) is 20.8. The van der Waals surface area contributed by atoms with Gasteiger partial charge in [-0.25, -0.2) is 18.1 Å². The fourth-order valence-corrected chi connectivity index (χ4v) is 9.26. The van der Waals surface area contributed by atoms with Gasteiger partial charge in [-0.3, -0.25) is 14.9 Å². The number of rotatable bonds is 10. The van der Waals surface area contributed by atoms with Gasteiger partial charge in [0.15, 0.2) is 17.3 Å². The maximum absolute atomic E-state index is 13.8. The highest BCUT2D eigenvalue weighted by Gasteiger charge is 2.43. The van der Waals surface area contributed by atoms with Crippen LogP contribution in [0.15, 0.2) is 135 Å². The van der Waals surface area contributed by atoms with E-state index in [1.807, 2.05) is 38.1 Å². The number of amides is 1. The van der Waals surface area contributed by atoms with Gasteiger partial charge in [0.1, 0.15) is 4.90 Å². The number of sulfone groups is 1. The predicted octanol–water partition coefficient (Wildman–Crippen LogP) is 7.41. The van der Waals surface area contributed by atoms with Crippen LogP contribution in [0.2, 0.25) is 0 Å². The Kier molecular flexibility index (Phi) is 9.36. The zero-order valence-electron chi connectivity index (χ0n) is 31.4. The number of benzene rings is 5. The Balaban J connectivity index is 1.22. The van der Waals surface area contributed by atoms with Crippen molar-refractivity contribution in [2.45, 2.75) is 47.4 Å². The van der Waals surface area contributed by atoms with E-state index in [1.54, 1.807) is 65.0 Å². The molecule has 2 aliphatic heterocycles. The van der Waals surface area contributed by atoms with Crippen LogP contribution < -0.4 is 19.1 Å². The number of para-hydroxylation sites is 2. The molecule has 6 aromatic rings. The van der Waals surface area contributed by atoms with Crippen LogP contribution in [0.5, 0.6) is 11.5 Å². The number of methoxy groups -OCH3 is 1. The lowest BCUT2D eigenvalue weighted by Gasteiger charge is -2.40. The van der Waals surface area contributed by atoms with Gasteiger partial charge in [0.05, 0.1) is 50.6 Å². The number of nitrogens with one attached hydrogen (secondary N) is 1. The molecule has 0 radical (unpaired) electrons. The SMILES string of the molecule is COc1cc(C2c3c(C)nn(-c4ccc(S(=O)(=O)c5ccc(C(C)C)cc5)cc4)c3N=C3C(=O)Nc4ccccc4N32)ccc1OS(=O)(=O)c1cccc([N+](=O)[O-])c1. The van der Waals surface area contributed by atoms with Crippen molar-refractivity contribution in [3.8, 4) is 17.2 Å². The topological polar surface area (TPSA) is 192 Å². The van der Waals surface area contributed by atoms with E-state index in [2.05, 4.69) is 5.32 Å². The number of ether oxygens (including phenoxy) is 1. The first kappa shape index (κ1) is 38.0. The number of aliphatic imine (C=N–C) groups is 1. The highest BCUT2D eigenvalue weighted by Crippen LogP contribution is 2.49. The fourth-order valence-electron chi connectivity index (χ4n) is 7.01. The summed E-state index contributed by atoms with van der Waals surface area (Å²) < 4.78 is 66.4. The Bertz CT molecular complexity index is 2910. The summed E-state index contributed by atoms with van der Waals surface area (Å²) in [6.45, 7) is 5.86. The summed E-state index contributed by atoms with van der Waals surface area (Å²) in [4.78, 5) is 30.9. The molecule has 1 atom stereocenters. The summed E-state index contributed by atoms with van der Waals surface area (Å²) >= 11 is 0. The summed E-state index contributed by atoms with van der Waals surface area (Å²) in [7, 11) is -7.04. The molecule has 17 heteroatoms. The number of aromatic nitrogens is 2. The first-order chi connectivity index (χ1) is 27.7. The van der Waals surface area contributed by atoms with Gasteiger partial charge >= 0.3 is 10.1 Å². The molecule has 0 aliphatic carbocycles. The molecule has 58 heavy (non-hydrogen) atoms. The van der Waals surface area contributed by atoms with Crippen LogP contribution in [0.25, 0.3) is 5.69 Å². The van der Waals surface area contributed by atoms with Gasteiger partial charge < -0.3 is 19.1 Å². The summed E-state index contributed by atoms with van der Waals surface area (Å²) in [5.41, 5.74) is 3.95. The maximum atomic E-state index is 13.8. The molecule has 1 aromatic heterocycles. The Morgan fingerprint density at radius 1 is 0.828 bits per heavy atom. The number of nitro benzene ring substituents is 1. The fraction of sp³-hybridized carbons (Fsp3) is 0.146. The molecule has 294 valence electrons. The highest BCUT2D eigenvalue weighted by molar-refractivity contribution is 7.91. The molecule has 1 unspecified atom stereocenters. The predicted molar refractivity (Wildman–Crippen MR) is 215 cm³/mol. The highest BCUT2D eigenvalue weighted by atomic mass is 32.2. The number of anilines is 2. The van der Waals surface area contributed by atoms with Crippen molar-refractivity contribution < 1.29 is 35.5 Å². The second kappa shape index (κ2) is 14.3. The average molecular weight is 819 g/mol. The second-order valence-corrected chi connectivity index (χ2v) is 17.3. The molecular formula is C41H34N6O9S2. The van der Waals surface area contributed by atoms with E-state index >= 15 is 0 Å². The van der Waals surface area contributed by atoms with E-state index < -0.39 is 47.4 Å². The van der Waals surface area contributed by atoms with Crippen LogP contribution in [-0.4, -0.2) is 50.4 Å². The zero-order valence-corrected chi connectivity index (χ0v) is 33.0. The van der Waals surface area contributed by atoms with Crippen molar-refractivity contribution in [3.63, 3.8) is 0 Å². The van der Waals surface area contributed by atoms with Crippen LogP contribution >= 0.6 is 0 Å². The number of hydrogen-bond donors (Lipinski definition) is 1. The minimum atomic E-state index is -4.54. The van der Waals surface area contributed by atoms with Gasteiger partial charge in [-0.1, -0.05) is 50.2 Å². The Morgan fingerprint density at radius 2 is 1.52 bits per heavy atom. The number of nitrogens with zero attached hydrogens (tertiary/aromatic N) is 5. The van der Waals surface area contributed by atoms with E-state index in [9.17, 15) is 31.7 Å². The summed E-state index contributed by atoms with van der Waals surface area (Å²) in [5, 5.41) is 19.1. The molecule has 0 saturated carbocycles. The molecule has 2 aliphatic rings. The molecule has 0 spiro atoms. The lowest BCUT2D eigenvalue weighted by molar-refractivity contribution is -0.385. The lowest BCUT2D eigenvalue weighted by atomic mass is 9.93. The third kappa shape index (κ3) is 6.53. The van der Waals surface area contributed by atoms with Crippen LogP contribution in [-0.2, 0) is 24.7 Å². The van der Waals surface area contributed by atoms with Crippen molar-refractivity contribution in [1.82, 2.24) is 9.78 Å². The number of aryl methyl sites for hydroxylation is 1. The molecule has 0 bridgehead atoms. The van der Waals surface area contributed by atoms with Crippen molar-refractivity contribution >= 4 is 54.6 Å². The van der Waals surface area contributed by atoms with Crippen molar-refractivity contribution in [2.24, 2.45) is 4.99 Å². The summed E-state index contributed by atoms with van der Waals surface area (Å²) in [6.07, 6.45) is 0. The molecule has 15 nitrogen and oxygen atoms in total. The molecule has 0 fully saturated rings. The largest absolute Gasteiger partial charge is 0.493 e. The van der Waals surface area contributed by atoms with Gasteiger partial charge in [-0.2, -0.15) is 13.5 Å². The summed E-state index contributed by atoms with van der Waals surface area (Å²) in [5.74, 6) is -0.0344. The lowest BCUT2D eigenvalue weighted by Crippen LogP contribution is -2.48. The van der Waals surface area contributed by atoms with E-state index in [1.165, 1.54) is 43.5 Å². The smallest absolute Gasteiger partial charge is 0.339 e. The van der Waals surface area contributed by atoms with E-state index in [4.69, 9.17) is 19.0 Å². The molecule has 1 N–H and O–H groups in total. The minimum Gasteiger partial charge on any atom is -0.493 e. The van der Waals surface area contributed by atoms with Crippen LogP contribution in [0.3, 0.4) is 0 Å². The van der Waals surface area contributed by atoms with Crippen molar-refractivity contribution in [2.75, 3.05) is 17.3 Å².